The molecule has 1 atom stereocenters. The molecule has 1 amide bonds. The highest BCUT2D eigenvalue weighted by atomic mass is 16.5. The van der Waals surface area contributed by atoms with E-state index in [9.17, 15) is 4.79 Å². The molecule has 0 spiro atoms. The number of nitrogens with zero attached hydrogens (tertiary/aromatic N) is 1. The molecule has 0 aromatic carbocycles. The second-order valence-corrected chi connectivity index (χ2v) is 4.12. The van der Waals surface area contributed by atoms with E-state index in [1.807, 2.05) is 4.90 Å². The van der Waals surface area contributed by atoms with Gasteiger partial charge in [0, 0.05) is 25.8 Å². The first-order valence-electron chi connectivity index (χ1n) is 5.43. The number of nitrogens with two attached hydrogens (primary N) is 1. The fraction of sp³-hybridized carbons (Fsp3) is 0.900. The lowest BCUT2D eigenvalue weighted by atomic mass is 10.00. The quantitative estimate of drug-likeness (QED) is 0.651. The lowest BCUT2D eigenvalue weighted by molar-refractivity contribution is -0.139. The number of rotatable bonds is 1. The molecule has 2 rings (SSSR count). The average molecular weight is 198 g/mol. The van der Waals surface area contributed by atoms with E-state index < -0.39 is 0 Å². The second kappa shape index (κ2) is 4.28. The Morgan fingerprint density at radius 3 is 2.71 bits per heavy atom. The van der Waals surface area contributed by atoms with Crippen LogP contribution in [0.25, 0.3) is 0 Å². The number of ether oxygens (including phenoxy) is 1. The monoisotopic (exact) mass is 198 g/mol. The molecule has 2 N–H and O–H groups in total. The van der Waals surface area contributed by atoms with Crippen molar-refractivity contribution < 1.29 is 9.53 Å². The Morgan fingerprint density at radius 2 is 2.00 bits per heavy atom. The number of hydrogen-bond donors (Lipinski definition) is 1. The van der Waals surface area contributed by atoms with Gasteiger partial charge in [0.1, 0.15) is 0 Å². The molecule has 0 bridgehead atoms. The Kier molecular flexibility index (Phi) is 3.03. The summed E-state index contributed by atoms with van der Waals surface area (Å²) in [6.45, 7) is 2.45. The average Bonchev–Trinajstić information content (AvgIpc) is 2.23. The van der Waals surface area contributed by atoms with Gasteiger partial charge >= 0.3 is 0 Å². The van der Waals surface area contributed by atoms with Crippen molar-refractivity contribution in [2.75, 3.05) is 19.8 Å². The summed E-state index contributed by atoms with van der Waals surface area (Å²) >= 11 is 0. The van der Waals surface area contributed by atoms with E-state index >= 15 is 0 Å². The van der Waals surface area contributed by atoms with Gasteiger partial charge < -0.3 is 15.4 Å². The van der Waals surface area contributed by atoms with Crippen LogP contribution in [0.2, 0.25) is 0 Å². The summed E-state index contributed by atoms with van der Waals surface area (Å²) in [5.74, 6) is 0.142. The molecule has 2 saturated heterocycles. The van der Waals surface area contributed by atoms with Crippen molar-refractivity contribution in [1.29, 1.82) is 0 Å². The van der Waals surface area contributed by atoms with Gasteiger partial charge in [-0.15, -0.1) is 0 Å². The molecular formula is C10H18N2O2. The Morgan fingerprint density at radius 1 is 1.29 bits per heavy atom. The van der Waals surface area contributed by atoms with Gasteiger partial charge in [0.05, 0.1) is 6.04 Å². The zero-order valence-electron chi connectivity index (χ0n) is 8.45. The predicted molar refractivity (Wildman–Crippen MR) is 52.8 cm³/mol. The van der Waals surface area contributed by atoms with E-state index in [2.05, 4.69) is 0 Å². The standard InChI is InChI=1S/C10H18N2O2/c11-9-2-1-5-12(10(9)13)8-3-6-14-7-4-8/h8-9H,1-7,11H2. The van der Waals surface area contributed by atoms with Crippen molar-refractivity contribution >= 4 is 5.91 Å². The minimum Gasteiger partial charge on any atom is -0.381 e. The molecule has 4 nitrogen and oxygen atoms in total. The summed E-state index contributed by atoms with van der Waals surface area (Å²) in [7, 11) is 0. The van der Waals surface area contributed by atoms with Crippen LogP contribution in [-0.4, -0.2) is 42.6 Å². The van der Waals surface area contributed by atoms with E-state index in [1.54, 1.807) is 0 Å². The summed E-state index contributed by atoms with van der Waals surface area (Å²) in [6.07, 6.45) is 3.83. The predicted octanol–water partition coefficient (Wildman–Crippen LogP) is 0.115. The minimum atomic E-state index is -0.258. The van der Waals surface area contributed by atoms with E-state index in [4.69, 9.17) is 10.5 Å². The first kappa shape index (κ1) is 9.93. The van der Waals surface area contributed by atoms with Crippen LogP contribution >= 0.6 is 0 Å². The van der Waals surface area contributed by atoms with E-state index in [0.29, 0.717) is 6.04 Å². The van der Waals surface area contributed by atoms with Gasteiger partial charge in [-0.2, -0.15) is 0 Å². The Balaban J connectivity index is 1.97. The zero-order valence-corrected chi connectivity index (χ0v) is 8.45. The Hall–Kier alpha value is -0.610. The van der Waals surface area contributed by atoms with Crippen LogP contribution in [0.1, 0.15) is 25.7 Å². The number of carbonyl (C=O) groups excluding carboxylic acids is 1. The lowest BCUT2D eigenvalue weighted by Gasteiger charge is -2.38. The fourth-order valence-electron chi connectivity index (χ4n) is 2.29. The second-order valence-electron chi connectivity index (χ2n) is 4.12. The van der Waals surface area contributed by atoms with Crippen LogP contribution in [0.15, 0.2) is 0 Å². The molecule has 2 heterocycles. The molecule has 2 aliphatic heterocycles. The smallest absolute Gasteiger partial charge is 0.239 e. The molecular weight excluding hydrogens is 180 g/mol. The molecule has 2 fully saturated rings. The van der Waals surface area contributed by atoms with Crippen LogP contribution in [0.5, 0.6) is 0 Å². The third-order valence-corrected chi connectivity index (χ3v) is 3.15. The van der Waals surface area contributed by atoms with Crippen LogP contribution in [-0.2, 0) is 9.53 Å². The molecule has 0 aliphatic carbocycles. The SMILES string of the molecule is NC1CCCN(C2CCOCC2)C1=O. The molecule has 80 valence electrons. The third-order valence-electron chi connectivity index (χ3n) is 3.15. The molecule has 0 radical (unpaired) electrons. The summed E-state index contributed by atoms with van der Waals surface area (Å²) in [5.41, 5.74) is 5.75. The van der Waals surface area contributed by atoms with Gasteiger partial charge in [-0.3, -0.25) is 4.79 Å². The van der Waals surface area contributed by atoms with E-state index in [1.165, 1.54) is 0 Å². The number of likely N-dealkylation sites (tertiary alicyclic amines) is 1. The molecule has 0 aromatic rings. The van der Waals surface area contributed by atoms with Crippen LogP contribution < -0.4 is 5.73 Å². The van der Waals surface area contributed by atoms with Crippen LogP contribution in [0, 0.1) is 0 Å². The van der Waals surface area contributed by atoms with E-state index in [-0.39, 0.29) is 11.9 Å². The van der Waals surface area contributed by atoms with Gasteiger partial charge in [0.25, 0.3) is 0 Å². The maximum absolute atomic E-state index is 11.8. The van der Waals surface area contributed by atoms with Crippen LogP contribution in [0.4, 0.5) is 0 Å². The topological polar surface area (TPSA) is 55.6 Å². The van der Waals surface area contributed by atoms with Gasteiger partial charge in [0.15, 0.2) is 0 Å². The minimum absolute atomic E-state index is 0.142. The van der Waals surface area contributed by atoms with Gasteiger partial charge in [-0.1, -0.05) is 0 Å². The maximum Gasteiger partial charge on any atom is 0.239 e. The number of piperidine rings is 1. The zero-order chi connectivity index (χ0) is 9.97. The molecule has 0 saturated carbocycles. The highest BCUT2D eigenvalue weighted by Crippen LogP contribution is 2.19. The van der Waals surface area contributed by atoms with Gasteiger partial charge in [-0.25, -0.2) is 0 Å². The normalized spacial score (nSPS) is 30.8. The van der Waals surface area contributed by atoms with Crippen molar-refractivity contribution in [2.24, 2.45) is 5.73 Å². The van der Waals surface area contributed by atoms with Crippen molar-refractivity contribution in [3.63, 3.8) is 0 Å². The van der Waals surface area contributed by atoms with Crippen molar-refractivity contribution in [2.45, 2.75) is 37.8 Å². The number of carbonyl (C=O) groups is 1. The van der Waals surface area contributed by atoms with Gasteiger partial charge in [0.2, 0.25) is 5.91 Å². The third kappa shape index (κ3) is 1.91. The first-order valence-corrected chi connectivity index (χ1v) is 5.43. The van der Waals surface area contributed by atoms with Gasteiger partial charge in [-0.05, 0) is 25.7 Å². The molecule has 2 aliphatic rings. The molecule has 1 unspecified atom stereocenters. The van der Waals surface area contributed by atoms with Crippen molar-refractivity contribution in [3.8, 4) is 0 Å². The Bertz CT molecular complexity index is 214. The van der Waals surface area contributed by atoms with Crippen molar-refractivity contribution in [3.05, 3.63) is 0 Å². The molecule has 14 heavy (non-hydrogen) atoms. The van der Waals surface area contributed by atoms with Crippen LogP contribution in [0.3, 0.4) is 0 Å². The summed E-state index contributed by atoms with van der Waals surface area (Å²) in [5, 5.41) is 0. The first-order chi connectivity index (χ1) is 6.79. The van der Waals surface area contributed by atoms with Crippen molar-refractivity contribution in [1.82, 2.24) is 4.90 Å². The number of hydrogen-bond acceptors (Lipinski definition) is 3. The Labute approximate surface area is 84.4 Å². The molecule has 0 aromatic heterocycles. The lowest BCUT2D eigenvalue weighted by Crippen LogP contribution is -2.53. The number of amides is 1. The highest BCUT2D eigenvalue weighted by Gasteiger charge is 2.31. The summed E-state index contributed by atoms with van der Waals surface area (Å²) in [6, 6.07) is 0.120. The summed E-state index contributed by atoms with van der Waals surface area (Å²) in [4.78, 5) is 13.8. The fourth-order valence-corrected chi connectivity index (χ4v) is 2.29. The maximum atomic E-state index is 11.8. The molecule has 4 heteroatoms. The van der Waals surface area contributed by atoms with E-state index in [0.717, 1.165) is 45.4 Å². The largest absolute Gasteiger partial charge is 0.381 e. The summed E-state index contributed by atoms with van der Waals surface area (Å²) < 4.78 is 5.28. The highest BCUT2D eigenvalue weighted by molar-refractivity contribution is 5.82.